The maximum atomic E-state index is 14.2. The predicted molar refractivity (Wildman–Crippen MR) is 138 cm³/mol. The fourth-order valence-corrected chi connectivity index (χ4v) is 4.24. The van der Waals surface area contributed by atoms with Crippen LogP contribution in [0.25, 0.3) is 11.3 Å². The standard InChI is InChI=1S/C28H32FN5O2/c1-4-21(3)34(28(36)23-7-5-6-8-24(23)29)19-27(35)33-17-15-32(16-18-33)26-14-13-25(30-31-26)22-11-9-20(2)10-12-22/h5-14,21H,4,15-19H2,1-3H3/t21-/m0/s1. The van der Waals surface area contributed by atoms with Gasteiger partial charge in [0.15, 0.2) is 5.82 Å². The van der Waals surface area contributed by atoms with Gasteiger partial charge < -0.3 is 14.7 Å². The Hall–Kier alpha value is -3.81. The lowest BCUT2D eigenvalue weighted by Crippen LogP contribution is -2.53. The van der Waals surface area contributed by atoms with Crippen molar-refractivity contribution in [2.75, 3.05) is 37.6 Å². The molecule has 0 saturated carbocycles. The van der Waals surface area contributed by atoms with Crippen molar-refractivity contribution in [2.24, 2.45) is 0 Å². The highest BCUT2D eigenvalue weighted by molar-refractivity contribution is 5.97. The van der Waals surface area contributed by atoms with E-state index in [2.05, 4.69) is 15.1 Å². The summed E-state index contributed by atoms with van der Waals surface area (Å²) in [4.78, 5) is 31.5. The lowest BCUT2D eigenvalue weighted by atomic mass is 10.1. The highest BCUT2D eigenvalue weighted by Crippen LogP contribution is 2.20. The molecule has 0 unspecified atom stereocenters. The smallest absolute Gasteiger partial charge is 0.257 e. The Morgan fingerprint density at radius 1 is 0.972 bits per heavy atom. The van der Waals surface area contributed by atoms with Gasteiger partial charge in [0.05, 0.1) is 11.3 Å². The molecule has 2 amide bonds. The molecule has 2 heterocycles. The molecule has 0 aliphatic carbocycles. The molecular weight excluding hydrogens is 457 g/mol. The van der Waals surface area contributed by atoms with Gasteiger partial charge >= 0.3 is 0 Å². The molecule has 0 spiro atoms. The summed E-state index contributed by atoms with van der Waals surface area (Å²) in [5.41, 5.74) is 3.02. The van der Waals surface area contributed by atoms with Crippen molar-refractivity contribution in [3.8, 4) is 11.3 Å². The molecule has 0 radical (unpaired) electrons. The summed E-state index contributed by atoms with van der Waals surface area (Å²) in [5, 5.41) is 8.79. The van der Waals surface area contributed by atoms with Crippen LogP contribution >= 0.6 is 0 Å². The van der Waals surface area contributed by atoms with Crippen molar-refractivity contribution < 1.29 is 14.0 Å². The zero-order chi connectivity index (χ0) is 25.7. The minimum atomic E-state index is -0.577. The van der Waals surface area contributed by atoms with Crippen LogP contribution in [0.3, 0.4) is 0 Å². The maximum Gasteiger partial charge on any atom is 0.257 e. The van der Waals surface area contributed by atoms with Gasteiger partial charge in [-0.25, -0.2) is 4.39 Å². The maximum absolute atomic E-state index is 14.2. The number of aromatic nitrogens is 2. The van der Waals surface area contributed by atoms with Gasteiger partial charge in [0, 0.05) is 37.8 Å². The van der Waals surface area contributed by atoms with Gasteiger partial charge in [0.25, 0.3) is 5.91 Å². The first-order valence-electron chi connectivity index (χ1n) is 12.4. The van der Waals surface area contributed by atoms with E-state index >= 15 is 0 Å². The normalized spacial score (nSPS) is 14.4. The summed E-state index contributed by atoms with van der Waals surface area (Å²) >= 11 is 0. The second-order valence-electron chi connectivity index (χ2n) is 9.18. The number of rotatable bonds is 7. The molecule has 1 saturated heterocycles. The number of anilines is 1. The average molecular weight is 490 g/mol. The summed E-state index contributed by atoms with van der Waals surface area (Å²) in [6.07, 6.45) is 0.665. The third-order valence-electron chi connectivity index (χ3n) is 6.75. The Kier molecular flexibility index (Phi) is 7.93. The van der Waals surface area contributed by atoms with Crippen LogP contribution in [-0.2, 0) is 4.79 Å². The first kappa shape index (κ1) is 25.3. The van der Waals surface area contributed by atoms with Crippen LogP contribution in [0.5, 0.6) is 0 Å². The quantitative estimate of drug-likeness (QED) is 0.498. The third kappa shape index (κ3) is 5.70. The molecule has 4 rings (SSSR count). The topological polar surface area (TPSA) is 69.6 Å². The molecule has 1 aliphatic rings. The van der Waals surface area contributed by atoms with Crippen molar-refractivity contribution >= 4 is 17.6 Å². The SMILES string of the molecule is CC[C@H](C)N(CC(=O)N1CCN(c2ccc(-c3ccc(C)cc3)nn2)CC1)C(=O)c1ccccc1F. The van der Waals surface area contributed by atoms with E-state index in [9.17, 15) is 14.0 Å². The molecule has 0 bridgehead atoms. The molecule has 36 heavy (non-hydrogen) atoms. The number of nitrogens with zero attached hydrogens (tertiary/aromatic N) is 5. The van der Waals surface area contributed by atoms with Gasteiger partial charge in [0.1, 0.15) is 12.4 Å². The minimum Gasteiger partial charge on any atom is -0.352 e. The number of hydrogen-bond donors (Lipinski definition) is 0. The van der Waals surface area contributed by atoms with Gasteiger partial charge in [-0.3, -0.25) is 9.59 Å². The van der Waals surface area contributed by atoms with E-state index in [0.29, 0.717) is 32.6 Å². The molecule has 1 fully saturated rings. The number of halogens is 1. The van der Waals surface area contributed by atoms with Crippen molar-refractivity contribution in [2.45, 2.75) is 33.2 Å². The van der Waals surface area contributed by atoms with Crippen LogP contribution in [0, 0.1) is 12.7 Å². The Bertz CT molecular complexity index is 1190. The molecule has 3 aromatic rings. The van der Waals surface area contributed by atoms with Crippen LogP contribution in [0.15, 0.2) is 60.7 Å². The van der Waals surface area contributed by atoms with Crippen molar-refractivity contribution in [3.63, 3.8) is 0 Å². The van der Waals surface area contributed by atoms with Crippen molar-refractivity contribution in [1.29, 1.82) is 0 Å². The van der Waals surface area contributed by atoms with Crippen molar-refractivity contribution in [1.82, 2.24) is 20.0 Å². The molecule has 1 aromatic heterocycles. The Balaban J connectivity index is 1.37. The molecule has 2 aromatic carbocycles. The number of hydrogen-bond acceptors (Lipinski definition) is 5. The van der Waals surface area contributed by atoms with Crippen molar-refractivity contribution in [3.05, 3.63) is 77.6 Å². The number of aryl methyl sites for hydroxylation is 1. The second-order valence-corrected chi connectivity index (χ2v) is 9.18. The lowest BCUT2D eigenvalue weighted by Gasteiger charge is -2.37. The Labute approximate surface area is 211 Å². The Morgan fingerprint density at radius 2 is 1.67 bits per heavy atom. The van der Waals surface area contributed by atoms with Gasteiger partial charge in [-0.15, -0.1) is 10.2 Å². The van der Waals surface area contributed by atoms with E-state index in [4.69, 9.17) is 0 Å². The molecule has 1 atom stereocenters. The molecule has 188 valence electrons. The lowest BCUT2D eigenvalue weighted by molar-refractivity contribution is -0.132. The van der Waals surface area contributed by atoms with Gasteiger partial charge in [-0.2, -0.15) is 0 Å². The number of carbonyl (C=O) groups is 2. The minimum absolute atomic E-state index is 0.0110. The van der Waals surface area contributed by atoms with E-state index in [1.165, 1.54) is 22.6 Å². The van der Waals surface area contributed by atoms with E-state index in [0.717, 1.165) is 17.1 Å². The number of amides is 2. The van der Waals surface area contributed by atoms with Crippen LogP contribution in [-0.4, -0.2) is 70.6 Å². The van der Waals surface area contributed by atoms with E-state index in [-0.39, 0.29) is 24.1 Å². The molecular formula is C28H32FN5O2. The molecule has 8 heteroatoms. The molecule has 7 nitrogen and oxygen atoms in total. The van der Waals surface area contributed by atoms with Crippen LogP contribution in [0.4, 0.5) is 10.2 Å². The third-order valence-corrected chi connectivity index (χ3v) is 6.75. The summed E-state index contributed by atoms with van der Waals surface area (Å²) in [7, 11) is 0. The number of piperazine rings is 1. The largest absolute Gasteiger partial charge is 0.352 e. The van der Waals surface area contributed by atoms with E-state index < -0.39 is 11.7 Å². The number of benzene rings is 2. The fraction of sp³-hybridized carbons (Fsp3) is 0.357. The fourth-order valence-electron chi connectivity index (χ4n) is 4.24. The average Bonchev–Trinajstić information content (AvgIpc) is 2.92. The van der Waals surface area contributed by atoms with Crippen LogP contribution in [0.1, 0.15) is 36.2 Å². The van der Waals surface area contributed by atoms with E-state index in [1.54, 1.807) is 17.0 Å². The highest BCUT2D eigenvalue weighted by atomic mass is 19.1. The van der Waals surface area contributed by atoms with E-state index in [1.807, 2.05) is 57.2 Å². The zero-order valence-electron chi connectivity index (χ0n) is 21.0. The molecule has 0 N–H and O–H groups in total. The highest BCUT2D eigenvalue weighted by Gasteiger charge is 2.29. The second kappa shape index (κ2) is 11.3. The summed E-state index contributed by atoms with van der Waals surface area (Å²) in [6, 6.07) is 17.8. The van der Waals surface area contributed by atoms with Gasteiger partial charge in [0.2, 0.25) is 5.91 Å². The Morgan fingerprint density at radius 3 is 2.28 bits per heavy atom. The summed E-state index contributed by atoms with van der Waals surface area (Å²) < 4.78 is 14.2. The van der Waals surface area contributed by atoms with Gasteiger partial charge in [-0.1, -0.05) is 48.9 Å². The van der Waals surface area contributed by atoms with Gasteiger partial charge in [-0.05, 0) is 44.5 Å². The first-order chi connectivity index (χ1) is 17.4. The summed E-state index contributed by atoms with van der Waals surface area (Å²) in [6.45, 7) is 8.07. The molecule has 1 aliphatic heterocycles. The zero-order valence-corrected chi connectivity index (χ0v) is 21.0. The van der Waals surface area contributed by atoms with Crippen LogP contribution < -0.4 is 4.90 Å². The predicted octanol–water partition coefficient (Wildman–Crippen LogP) is 4.18. The monoisotopic (exact) mass is 489 g/mol. The number of carbonyl (C=O) groups excluding carboxylic acids is 2. The summed E-state index contributed by atoms with van der Waals surface area (Å²) in [5.74, 6) is -0.404. The first-order valence-corrected chi connectivity index (χ1v) is 12.4. The van der Waals surface area contributed by atoms with Crippen LogP contribution in [0.2, 0.25) is 0 Å².